The molecule has 0 aromatic heterocycles. The zero-order valence-electron chi connectivity index (χ0n) is 9.74. The number of carbonyl (C=O) groups excluding carboxylic acids is 1. The molecule has 0 spiro atoms. The van der Waals surface area contributed by atoms with Gasteiger partial charge in [-0.15, -0.1) is 0 Å². The van der Waals surface area contributed by atoms with Gasteiger partial charge in [0.2, 0.25) is 6.08 Å². The average Bonchev–Trinajstić information content (AvgIpc) is 2.17. The fourth-order valence-electron chi connectivity index (χ4n) is 1.55. The van der Waals surface area contributed by atoms with Gasteiger partial charge >= 0.3 is 0 Å². The summed E-state index contributed by atoms with van der Waals surface area (Å²) >= 11 is 0. The summed E-state index contributed by atoms with van der Waals surface area (Å²) < 4.78 is 0. The van der Waals surface area contributed by atoms with E-state index in [1.807, 2.05) is 6.07 Å². The Morgan fingerprint density at radius 1 is 1.13 bits per heavy atom. The van der Waals surface area contributed by atoms with Crippen LogP contribution in [-0.4, -0.2) is 6.08 Å². The van der Waals surface area contributed by atoms with E-state index < -0.39 is 0 Å². The Balaban J connectivity index is 3.26. The fourth-order valence-corrected chi connectivity index (χ4v) is 1.55. The van der Waals surface area contributed by atoms with Crippen molar-refractivity contribution in [3.05, 3.63) is 29.3 Å². The Morgan fingerprint density at radius 2 is 1.80 bits per heavy atom. The topological polar surface area (TPSA) is 29.4 Å². The minimum Gasteiger partial charge on any atom is -0.211 e. The zero-order chi connectivity index (χ0) is 11.4. The number of aliphatic imine (C=N–C) groups is 1. The summed E-state index contributed by atoms with van der Waals surface area (Å²) in [6.07, 6.45) is 1.62. The fraction of sp³-hybridized carbons (Fsp3) is 0.462. The van der Waals surface area contributed by atoms with E-state index >= 15 is 0 Å². The number of nitrogens with zero attached hydrogens (tertiary/aromatic N) is 1. The Kier molecular flexibility index (Phi) is 3.81. The molecule has 0 heterocycles. The highest BCUT2D eigenvalue weighted by atomic mass is 16.1. The third kappa shape index (κ3) is 2.77. The van der Waals surface area contributed by atoms with E-state index in [0.717, 1.165) is 11.3 Å². The first-order valence-corrected chi connectivity index (χ1v) is 5.28. The molecule has 0 aliphatic heterocycles. The highest BCUT2D eigenvalue weighted by Crippen LogP contribution is 2.29. The van der Waals surface area contributed by atoms with Gasteiger partial charge in [0.05, 0.1) is 5.69 Å². The van der Waals surface area contributed by atoms with Crippen LogP contribution >= 0.6 is 0 Å². The largest absolute Gasteiger partial charge is 0.240 e. The minimum atomic E-state index is 0.373. The Labute approximate surface area is 91.0 Å². The van der Waals surface area contributed by atoms with Crippen molar-refractivity contribution in [1.29, 1.82) is 0 Å². The highest BCUT2D eigenvalue weighted by Gasteiger charge is 2.08. The number of rotatable bonds is 3. The van der Waals surface area contributed by atoms with Crippen LogP contribution in [0.15, 0.2) is 23.2 Å². The second-order valence-electron chi connectivity index (χ2n) is 4.33. The van der Waals surface area contributed by atoms with Crippen molar-refractivity contribution in [3.63, 3.8) is 0 Å². The third-order valence-corrected chi connectivity index (χ3v) is 2.51. The van der Waals surface area contributed by atoms with Gasteiger partial charge in [-0.3, -0.25) is 0 Å². The van der Waals surface area contributed by atoms with Crippen LogP contribution in [0, 0.1) is 0 Å². The maximum absolute atomic E-state index is 10.3. The highest BCUT2D eigenvalue weighted by molar-refractivity contribution is 5.56. The van der Waals surface area contributed by atoms with E-state index in [1.165, 1.54) is 5.56 Å². The normalized spacial score (nSPS) is 10.5. The molecule has 0 N–H and O–H groups in total. The van der Waals surface area contributed by atoms with Gasteiger partial charge in [-0.1, -0.05) is 39.8 Å². The van der Waals surface area contributed by atoms with Gasteiger partial charge in [0, 0.05) is 0 Å². The lowest BCUT2D eigenvalue weighted by molar-refractivity contribution is 0.565. The van der Waals surface area contributed by atoms with E-state index in [9.17, 15) is 4.79 Å². The van der Waals surface area contributed by atoms with Gasteiger partial charge in [0.1, 0.15) is 0 Å². The van der Waals surface area contributed by atoms with Gasteiger partial charge in [-0.25, -0.2) is 4.79 Å². The Bertz CT molecular complexity index is 388. The summed E-state index contributed by atoms with van der Waals surface area (Å²) in [5.74, 6) is 0.824. The number of hydrogen-bond donors (Lipinski definition) is 0. The predicted molar refractivity (Wildman–Crippen MR) is 62.4 cm³/mol. The lowest BCUT2D eigenvalue weighted by atomic mass is 9.95. The summed E-state index contributed by atoms with van der Waals surface area (Å²) in [4.78, 5) is 14.1. The Hall–Kier alpha value is -1.40. The van der Waals surface area contributed by atoms with E-state index in [-0.39, 0.29) is 0 Å². The summed E-state index contributed by atoms with van der Waals surface area (Å²) in [6, 6.07) is 6.13. The first kappa shape index (κ1) is 11.7. The van der Waals surface area contributed by atoms with Crippen LogP contribution in [0.5, 0.6) is 0 Å². The van der Waals surface area contributed by atoms with Crippen LogP contribution in [0.3, 0.4) is 0 Å². The molecule has 0 atom stereocenters. The van der Waals surface area contributed by atoms with Crippen molar-refractivity contribution in [3.8, 4) is 0 Å². The molecule has 0 saturated carbocycles. The van der Waals surface area contributed by atoms with Gasteiger partial charge in [-0.2, -0.15) is 4.99 Å². The zero-order valence-corrected chi connectivity index (χ0v) is 9.74. The second kappa shape index (κ2) is 4.90. The molecule has 0 aliphatic carbocycles. The van der Waals surface area contributed by atoms with E-state index in [0.29, 0.717) is 11.8 Å². The van der Waals surface area contributed by atoms with E-state index in [2.05, 4.69) is 44.8 Å². The first-order chi connectivity index (χ1) is 7.06. The molecule has 2 nitrogen and oxygen atoms in total. The van der Waals surface area contributed by atoms with Crippen molar-refractivity contribution in [2.75, 3.05) is 0 Å². The standard InChI is InChI=1S/C13H17NO/c1-9(2)11-5-6-12(10(3)4)13(7-11)14-8-15/h5-7,9-10H,1-4H3. The van der Waals surface area contributed by atoms with Crippen molar-refractivity contribution < 1.29 is 4.79 Å². The van der Waals surface area contributed by atoms with Crippen molar-refractivity contribution >= 4 is 11.8 Å². The van der Waals surface area contributed by atoms with E-state index in [1.54, 1.807) is 6.08 Å². The molecule has 80 valence electrons. The molecule has 0 saturated heterocycles. The summed E-state index contributed by atoms with van der Waals surface area (Å²) in [6.45, 7) is 8.43. The molecule has 0 amide bonds. The molecule has 0 radical (unpaired) electrons. The van der Waals surface area contributed by atoms with Gasteiger partial charge in [0.25, 0.3) is 0 Å². The van der Waals surface area contributed by atoms with Crippen LogP contribution in [0.4, 0.5) is 5.69 Å². The van der Waals surface area contributed by atoms with E-state index in [4.69, 9.17) is 0 Å². The van der Waals surface area contributed by atoms with Crippen molar-refractivity contribution in [2.45, 2.75) is 39.5 Å². The monoisotopic (exact) mass is 203 g/mol. The van der Waals surface area contributed by atoms with Crippen LogP contribution in [0.2, 0.25) is 0 Å². The molecule has 0 aliphatic rings. The van der Waals surface area contributed by atoms with Crippen molar-refractivity contribution in [2.24, 2.45) is 4.99 Å². The molecule has 0 fully saturated rings. The van der Waals surface area contributed by atoms with Crippen molar-refractivity contribution in [1.82, 2.24) is 0 Å². The van der Waals surface area contributed by atoms with Crippen LogP contribution < -0.4 is 0 Å². The van der Waals surface area contributed by atoms with Crippen LogP contribution in [-0.2, 0) is 4.79 Å². The molecule has 2 heteroatoms. The number of benzene rings is 1. The smallest absolute Gasteiger partial charge is 0.211 e. The quantitative estimate of drug-likeness (QED) is 0.541. The summed E-state index contributed by atoms with van der Waals surface area (Å²) in [7, 11) is 0. The molecule has 0 bridgehead atoms. The summed E-state index contributed by atoms with van der Waals surface area (Å²) in [5.41, 5.74) is 3.06. The maximum Gasteiger partial charge on any atom is 0.240 e. The SMILES string of the molecule is CC(C)c1ccc(C(C)C)c(N=C=O)c1. The predicted octanol–water partition coefficient (Wildman–Crippen LogP) is 3.90. The van der Waals surface area contributed by atoms with Gasteiger partial charge in [-0.05, 0) is 29.0 Å². The molecule has 1 aromatic rings. The molecular weight excluding hydrogens is 186 g/mol. The molecule has 1 aromatic carbocycles. The van der Waals surface area contributed by atoms with Gasteiger partial charge in [0.15, 0.2) is 0 Å². The lowest BCUT2D eigenvalue weighted by Gasteiger charge is -2.12. The minimum absolute atomic E-state index is 0.373. The first-order valence-electron chi connectivity index (χ1n) is 5.28. The lowest BCUT2D eigenvalue weighted by Crippen LogP contribution is -1.92. The molecule has 15 heavy (non-hydrogen) atoms. The van der Waals surface area contributed by atoms with Crippen LogP contribution in [0.25, 0.3) is 0 Å². The molecule has 0 unspecified atom stereocenters. The van der Waals surface area contributed by atoms with Crippen LogP contribution in [0.1, 0.15) is 50.7 Å². The number of isocyanates is 1. The second-order valence-corrected chi connectivity index (χ2v) is 4.33. The maximum atomic E-state index is 10.3. The molecule has 1 rings (SSSR count). The Morgan fingerprint density at radius 3 is 2.27 bits per heavy atom. The van der Waals surface area contributed by atoms with Gasteiger partial charge < -0.3 is 0 Å². The summed E-state index contributed by atoms with van der Waals surface area (Å²) in [5, 5.41) is 0. The molecular formula is C13H17NO. The average molecular weight is 203 g/mol. The number of hydrogen-bond acceptors (Lipinski definition) is 2. The third-order valence-electron chi connectivity index (χ3n) is 2.51.